The minimum Gasteiger partial charge on any atom is -0.328 e. The third-order valence-electron chi connectivity index (χ3n) is 15.0. The summed E-state index contributed by atoms with van der Waals surface area (Å²) in [5.74, 6) is 0.601. The van der Waals surface area contributed by atoms with Gasteiger partial charge in [0.25, 0.3) is 0 Å². The number of anilines is 2. The molecule has 4 atom stereocenters. The first-order valence-electron chi connectivity index (χ1n) is 21.0. The van der Waals surface area contributed by atoms with Gasteiger partial charge in [-0.15, -0.1) is 0 Å². The lowest BCUT2D eigenvalue weighted by molar-refractivity contribution is 0.464. The van der Waals surface area contributed by atoms with Crippen LogP contribution in [0.2, 0.25) is 0 Å². The summed E-state index contributed by atoms with van der Waals surface area (Å²) in [7, 11) is 0. The van der Waals surface area contributed by atoms with E-state index in [0.29, 0.717) is 5.92 Å². The van der Waals surface area contributed by atoms with Gasteiger partial charge in [-0.05, 0) is 128 Å². The van der Waals surface area contributed by atoms with Crippen molar-refractivity contribution in [1.82, 2.24) is 0 Å². The molecule has 11 rings (SSSR count). The lowest BCUT2D eigenvalue weighted by Crippen LogP contribution is -2.56. The summed E-state index contributed by atoms with van der Waals surface area (Å²) in [6.07, 6.45) is 7.66. The van der Waals surface area contributed by atoms with E-state index in [0.717, 1.165) is 0 Å². The Morgan fingerprint density at radius 2 is 1.04 bits per heavy atom. The van der Waals surface area contributed by atoms with Crippen LogP contribution in [-0.4, -0.2) is 5.54 Å². The molecule has 0 fully saturated rings. The molecule has 0 radical (unpaired) electrons. The average molecular weight is 738 g/mol. The topological polar surface area (TPSA) is 3.24 Å². The number of fused-ring (bicyclic) bond motifs is 8. The van der Waals surface area contributed by atoms with Gasteiger partial charge in [0.1, 0.15) is 0 Å². The molecule has 5 aliphatic rings. The smallest absolute Gasteiger partial charge is 0.0838 e. The van der Waals surface area contributed by atoms with Gasteiger partial charge >= 0.3 is 0 Å². The van der Waals surface area contributed by atoms with E-state index in [9.17, 15) is 0 Å². The molecule has 0 N–H and O–H groups in total. The highest BCUT2D eigenvalue weighted by Crippen LogP contribution is 2.62. The van der Waals surface area contributed by atoms with Crippen molar-refractivity contribution in [2.75, 3.05) is 4.90 Å². The van der Waals surface area contributed by atoms with Crippen LogP contribution in [0.4, 0.5) is 11.4 Å². The van der Waals surface area contributed by atoms with E-state index >= 15 is 0 Å². The highest BCUT2D eigenvalue weighted by molar-refractivity contribution is 5.90. The van der Waals surface area contributed by atoms with Gasteiger partial charge in [-0.25, -0.2) is 0 Å². The zero-order valence-electron chi connectivity index (χ0n) is 34.5. The second-order valence-electron chi connectivity index (χ2n) is 18.9. The van der Waals surface area contributed by atoms with Crippen molar-refractivity contribution in [1.29, 1.82) is 0 Å². The summed E-state index contributed by atoms with van der Waals surface area (Å²) >= 11 is 0. The monoisotopic (exact) mass is 737 g/mol. The van der Waals surface area contributed by atoms with Crippen LogP contribution in [0.3, 0.4) is 0 Å². The third kappa shape index (κ3) is 4.46. The Morgan fingerprint density at radius 1 is 0.491 bits per heavy atom. The molecular formula is C56H51N. The van der Waals surface area contributed by atoms with E-state index in [1.165, 1.54) is 89.3 Å². The number of rotatable bonds is 3. The zero-order chi connectivity index (χ0) is 39.2. The number of allylic oxidation sites excluding steroid dienone is 4. The van der Waals surface area contributed by atoms with Crippen LogP contribution >= 0.6 is 0 Å². The highest BCUT2D eigenvalue weighted by Gasteiger charge is 2.55. The molecule has 6 aromatic rings. The SMILES string of the molecule is CC1C=CC2(C)C3=C1C(C)C(c1ccc4c(c1)-c1ccccc1C4(C)C)=CC3(C)N(c1cccc(-c3ccc4c(c3)-c3ccccc3C4(C)C)c1)c1ccccc12. The molecule has 1 nitrogen and oxygen atoms in total. The van der Waals surface area contributed by atoms with Crippen LogP contribution < -0.4 is 4.90 Å². The standard InChI is InChI=1S/C56H51N/c1-34-28-29-55(7)49-22-13-14-23-50(49)57(39-17-15-16-36(30-39)37-24-26-47-42(31-37)40-18-9-11-20-45(40)53(47,3)4)56(8)33-44(35(2)51(34)52(55)56)38-25-27-48-43(32-38)41-19-10-12-21-46(41)54(48,5)6/h9-35H,1-8H3. The Hall–Kier alpha value is -5.66. The molecule has 0 aromatic heterocycles. The summed E-state index contributed by atoms with van der Waals surface area (Å²) in [5.41, 5.74) is 22.7. The molecule has 1 aliphatic heterocycles. The van der Waals surface area contributed by atoms with Gasteiger partial charge in [-0.3, -0.25) is 0 Å². The number of hydrogen-bond donors (Lipinski definition) is 0. The molecule has 57 heavy (non-hydrogen) atoms. The molecule has 4 unspecified atom stereocenters. The summed E-state index contributed by atoms with van der Waals surface area (Å²) in [6.45, 7) is 19.3. The van der Waals surface area contributed by atoms with Gasteiger partial charge in [0.05, 0.1) is 5.54 Å². The average Bonchev–Trinajstić information content (AvgIpc) is 3.59. The molecule has 280 valence electrons. The fourth-order valence-corrected chi connectivity index (χ4v) is 12.3. The molecule has 6 aromatic carbocycles. The van der Waals surface area contributed by atoms with Crippen LogP contribution in [0.15, 0.2) is 163 Å². The minimum atomic E-state index is -0.422. The first-order valence-corrected chi connectivity index (χ1v) is 21.0. The predicted molar refractivity (Wildman–Crippen MR) is 240 cm³/mol. The van der Waals surface area contributed by atoms with E-state index in [1.807, 2.05) is 0 Å². The van der Waals surface area contributed by atoms with Gasteiger partial charge in [0.2, 0.25) is 0 Å². The largest absolute Gasteiger partial charge is 0.328 e. The second-order valence-corrected chi connectivity index (χ2v) is 18.9. The maximum atomic E-state index is 2.68. The molecule has 0 amide bonds. The van der Waals surface area contributed by atoms with E-state index in [4.69, 9.17) is 0 Å². The van der Waals surface area contributed by atoms with Crippen molar-refractivity contribution in [2.45, 2.75) is 77.2 Å². The van der Waals surface area contributed by atoms with E-state index in [1.54, 1.807) is 5.57 Å². The van der Waals surface area contributed by atoms with Crippen LogP contribution in [0.1, 0.15) is 88.8 Å². The van der Waals surface area contributed by atoms with Gasteiger partial charge < -0.3 is 4.90 Å². The lowest BCUT2D eigenvalue weighted by Gasteiger charge is -2.59. The van der Waals surface area contributed by atoms with Crippen LogP contribution in [0, 0.1) is 11.8 Å². The fourth-order valence-electron chi connectivity index (χ4n) is 12.3. The summed E-state index contributed by atoms with van der Waals surface area (Å²) in [5, 5.41) is 0. The molecule has 1 heteroatoms. The summed E-state index contributed by atoms with van der Waals surface area (Å²) in [6, 6.07) is 51.0. The predicted octanol–water partition coefficient (Wildman–Crippen LogP) is 14.4. The molecule has 0 saturated heterocycles. The maximum absolute atomic E-state index is 2.68. The van der Waals surface area contributed by atoms with Crippen molar-refractivity contribution < 1.29 is 0 Å². The van der Waals surface area contributed by atoms with Gasteiger partial charge in [0, 0.05) is 33.5 Å². The number of hydrogen-bond acceptors (Lipinski definition) is 1. The Kier molecular flexibility index (Phi) is 6.96. The maximum Gasteiger partial charge on any atom is 0.0838 e. The first-order chi connectivity index (χ1) is 27.3. The second kappa shape index (κ2) is 11.5. The Morgan fingerprint density at radius 3 is 1.70 bits per heavy atom. The van der Waals surface area contributed by atoms with Crippen molar-refractivity contribution in [3.8, 4) is 33.4 Å². The Labute approximate surface area is 339 Å². The van der Waals surface area contributed by atoms with Crippen LogP contribution in [0.5, 0.6) is 0 Å². The molecule has 1 heterocycles. The van der Waals surface area contributed by atoms with E-state index in [-0.39, 0.29) is 22.2 Å². The van der Waals surface area contributed by atoms with Crippen molar-refractivity contribution in [2.24, 2.45) is 11.8 Å². The molecule has 0 spiro atoms. The van der Waals surface area contributed by atoms with Crippen molar-refractivity contribution >= 4 is 16.9 Å². The fraction of sp³-hybridized carbons (Fsp3) is 0.250. The molecule has 0 saturated carbocycles. The van der Waals surface area contributed by atoms with E-state index in [2.05, 4.69) is 212 Å². The Bertz CT molecular complexity index is 2820. The zero-order valence-corrected chi connectivity index (χ0v) is 34.5. The molecular weight excluding hydrogens is 687 g/mol. The molecule has 4 aliphatic carbocycles. The summed E-state index contributed by atoms with van der Waals surface area (Å²) < 4.78 is 0. The van der Waals surface area contributed by atoms with Crippen molar-refractivity contribution in [3.63, 3.8) is 0 Å². The third-order valence-corrected chi connectivity index (χ3v) is 15.0. The summed E-state index contributed by atoms with van der Waals surface area (Å²) in [4.78, 5) is 2.68. The normalized spacial score (nSPS) is 25.2. The highest BCUT2D eigenvalue weighted by atomic mass is 15.2. The number of nitrogens with zero attached hydrogens (tertiary/aromatic N) is 1. The van der Waals surface area contributed by atoms with Crippen molar-refractivity contribution in [3.05, 3.63) is 196 Å². The van der Waals surface area contributed by atoms with Gasteiger partial charge in [-0.1, -0.05) is 168 Å². The van der Waals surface area contributed by atoms with Crippen LogP contribution in [0.25, 0.3) is 39.0 Å². The minimum absolute atomic E-state index is 0.0113. The van der Waals surface area contributed by atoms with E-state index < -0.39 is 5.54 Å². The lowest BCUT2D eigenvalue weighted by atomic mass is 9.54. The quantitative estimate of drug-likeness (QED) is 0.164. The number of benzene rings is 6. The molecule has 0 bridgehead atoms. The van der Waals surface area contributed by atoms with Crippen LogP contribution in [-0.2, 0) is 16.2 Å². The van der Waals surface area contributed by atoms with Gasteiger partial charge in [0.15, 0.2) is 0 Å². The first kappa shape index (κ1) is 34.6. The Balaban J connectivity index is 1.11. The van der Waals surface area contributed by atoms with Gasteiger partial charge in [-0.2, -0.15) is 0 Å². The number of para-hydroxylation sites is 1.